The molecule has 0 spiro atoms. The van der Waals surface area contributed by atoms with Crippen LogP contribution >= 0.6 is 49.9 Å². The number of ether oxygens (including phenoxy) is 1. The predicted octanol–water partition coefficient (Wildman–Crippen LogP) is 6.59. The Morgan fingerprint density at radius 2 is 2.12 bits per heavy atom. The summed E-state index contributed by atoms with van der Waals surface area (Å²) in [6.07, 6.45) is 7.02. The Kier molecular flexibility index (Phi) is 5.70. The van der Waals surface area contributed by atoms with Crippen LogP contribution in [0.3, 0.4) is 0 Å². The molecule has 0 bridgehead atoms. The molecule has 1 heterocycles. The Morgan fingerprint density at radius 1 is 1.40 bits per heavy atom. The van der Waals surface area contributed by atoms with Crippen molar-refractivity contribution in [1.29, 1.82) is 0 Å². The first kappa shape index (κ1) is 19.8. The highest BCUT2D eigenvalue weighted by Gasteiger charge is 2.41. The van der Waals surface area contributed by atoms with Gasteiger partial charge in [0.15, 0.2) is 5.78 Å². The molecule has 0 aliphatic heterocycles. The second-order valence-electron chi connectivity index (χ2n) is 7.91. The van der Waals surface area contributed by atoms with Crippen molar-refractivity contribution in [2.24, 2.45) is 11.3 Å². The van der Waals surface area contributed by atoms with Crippen LogP contribution in [0.2, 0.25) is 0 Å². The number of carbonyl (C=O) groups excluding carboxylic acids is 1. The second-order valence-corrected chi connectivity index (χ2v) is 12.7. The normalized spacial score (nSPS) is 31.1. The summed E-state index contributed by atoms with van der Waals surface area (Å²) in [5.41, 5.74) is 3.06. The van der Waals surface area contributed by atoms with Gasteiger partial charge < -0.3 is 4.74 Å². The largest absolute Gasteiger partial charge is 0.364 e. The molecule has 1 fully saturated rings. The number of hydrogen-bond donors (Lipinski definition) is 0. The summed E-state index contributed by atoms with van der Waals surface area (Å²) in [5, 5.41) is 0. The van der Waals surface area contributed by atoms with Gasteiger partial charge in [-0.15, -0.1) is 11.3 Å². The highest BCUT2D eigenvalue weighted by molar-refractivity contribution is 14.1. The van der Waals surface area contributed by atoms with E-state index < -0.39 is 0 Å². The van der Waals surface area contributed by atoms with Gasteiger partial charge in [0.05, 0.1) is 18.2 Å². The van der Waals surface area contributed by atoms with Gasteiger partial charge in [-0.25, -0.2) is 0 Å². The van der Waals surface area contributed by atoms with Crippen LogP contribution in [0, 0.1) is 11.3 Å². The van der Waals surface area contributed by atoms with Gasteiger partial charge in [-0.05, 0) is 70.3 Å². The maximum absolute atomic E-state index is 12.4. The van der Waals surface area contributed by atoms with Crippen molar-refractivity contribution < 1.29 is 9.53 Å². The van der Waals surface area contributed by atoms with Crippen LogP contribution in [-0.2, 0) is 4.74 Å². The summed E-state index contributed by atoms with van der Waals surface area (Å²) in [5.74, 6) is 0.645. The molecule has 1 saturated carbocycles. The summed E-state index contributed by atoms with van der Waals surface area (Å²) in [6.45, 7) is 9.28. The van der Waals surface area contributed by atoms with Crippen LogP contribution in [0.15, 0.2) is 39.2 Å². The van der Waals surface area contributed by atoms with Gasteiger partial charge >= 0.3 is 0 Å². The number of rotatable bonds is 4. The fourth-order valence-corrected chi connectivity index (χ4v) is 5.68. The van der Waals surface area contributed by atoms with Crippen LogP contribution < -0.4 is 0 Å². The topological polar surface area (TPSA) is 26.3 Å². The van der Waals surface area contributed by atoms with Gasteiger partial charge in [-0.3, -0.25) is 4.79 Å². The minimum atomic E-state index is -0.130. The molecule has 0 aromatic carbocycles. The molecule has 1 aromatic heterocycles. The first-order chi connectivity index (χ1) is 11.6. The molecular formula is C20H24BrIO2S. The van der Waals surface area contributed by atoms with Crippen LogP contribution in [0.4, 0.5) is 0 Å². The predicted molar refractivity (Wildman–Crippen MR) is 117 cm³/mol. The summed E-state index contributed by atoms with van der Waals surface area (Å²) in [7, 11) is 0. The number of ketones is 1. The lowest BCUT2D eigenvalue weighted by Crippen LogP contribution is -2.40. The third kappa shape index (κ3) is 4.14. The smallest absolute Gasteiger partial charge is 0.198 e. The Morgan fingerprint density at radius 3 is 2.76 bits per heavy atom. The quantitative estimate of drug-likeness (QED) is 0.247. The van der Waals surface area contributed by atoms with Gasteiger partial charge in [-0.2, -0.15) is 0 Å². The first-order valence-electron chi connectivity index (χ1n) is 8.64. The molecule has 3 rings (SSSR count). The molecule has 2 nitrogen and oxygen atoms in total. The number of allylic oxidation sites excluding steroid dienone is 2. The number of fused-ring (bicyclic) bond motifs is 1. The fourth-order valence-electron chi connectivity index (χ4n) is 3.68. The lowest BCUT2D eigenvalue weighted by molar-refractivity contribution is 0.0560. The van der Waals surface area contributed by atoms with E-state index in [4.69, 9.17) is 4.74 Å². The highest BCUT2D eigenvalue weighted by atomic mass is 127. The Labute approximate surface area is 176 Å². The first-order valence-corrected chi connectivity index (χ1v) is 11.3. The lowest BCUT2D eigenvalue weighted by atomic mass is 9.64. The van der Waals surface area contributed by atoms with Crippen LogP contribution in [0.5, 0.6) is 0 Å². The number of halogens is 2. The molecule has 2 aliphatic rings. The summed E-state index contributed by atoms with van der Waals surface area (Å²) < 4.78 is 6.96. The zero-order chi connectivity index (χ0) is 18.4. The molecule has 0 N–H and O–H groups in total. The number of Topliss-reactive ketones (excluding diaryl/α,β-unsaturated/α-hetero) is 1. The van der Waals surface area contributed by atoms with Crippen molar-refractivity contribution in [3.8, 4) is 0 Å². The van der Waals surface area contributed by atoms with Crippen molar-refractivity contribution in [1.82, 2.24) is 0 Å². The third-order valence-corrected chi connectivity index (χ3v) is 7.92. The van der Waals surface area contributed by atoms with E-state index in [-0.39, 0.29) is 27.3 Å². The van der Waals surface area contributed by atoms with Crippen LogP contribution in [-0.4, -0.2) is 21.9 Å². The molecule has 0 radical (unpaired) electrons. The van der Waals surface area contributed by atoms with E-state index in [9.17, 15) is 4.79 Å². The molecule has 136 valence electrons. The van der Waals surface area contributed by atoms with Crippen molar-refractivity contribution in [2.45, 2.75) is 50.1 Å². The SMILES string of the molecule is CC1CCC(C)(C)C2=CC(OCC(=O)c3ccc(Br)s3)C(C)(I)C=C21. The molecule has 2 aliphatic carbocycles. The highest BCUT2D eigenvalue weighted by Crippen LogP contribution is 2.50. The summed E-state index contributed by atoms with van der Waals surface area (Å²) in [4.78, 5) is 13.1. The number of carbonyl (C=O) groups is 1. The Balaban J connectivity index is 1.79. The molecule has 3 atom stereocenters. The standard InChI is InChI=1S/C20H24BrIO2S/c1-12-7-8-19(2,3)14-9-17(20(4,22)10-13(12)14)24-11-15(23)16-5-6-18(21)25-16/h5-6,9-10,12,17H,7-8,11H2,1-4H3. The molecular weight excluding hydrogens is 511 g/mol. The average molecular weight is 535 g/mol. The van der Waals surface area contributed by atoms with Crippen LogP contribution in [0.25, 0.3) is 0 Å². The van der Waals surface area contributed by atoms with E-state index in [1.807, 2.05) is 12.1 Å². The van der Waals surface area contributed by atoms with E-state index in [0.717, 1.165) is 8.66 Å². The zero-order valence-electron chi connectivity index (χ0n) is 15.1. The van der Waals surface area contributed by atoms with E-state index >= 15 is 0 Å². The minimum absolute atomic E-state index is 0.0485. The van der Waals surface area contributed by atoms with E-state index in [1.165, 1.54) is 35.3 Å². The van der Waals surface area contributed by atoms with Crippen molar-refractivity contribution in [2.75, 3.05) is 6.61 Å². The van der Waals surface area contributed by atoms with Gasteiger partial charge in [0.1, 0.15) is 6.61 Å². The van der Waals surface area contributed by atoms with Crippen molar-refractivity contribution in [3.05, 3.63) is 44.1 Å². The fraction of sp³-hybridized carbons (Fsp3) is 0.550. The van der Waals surface area contributed by atoms with E-state index in [1.54, 1.807) is 0 Å². The second kappa shape index (κ2) is 7.21. The molecule has 25 heavy (non-hydrogen) atoms. The zero-order valence-corrected chi connectivity index (χ0v) is 19.6. The van der Waals surface area contributed by atoms with E-state index in [0.29, 0.717) is 5.92 Å². The third-order valence-electron chi connectivity index (χ3n) is 5.33. The molecule has 5 heteroatoms. The Hall–Kier alpha value is 0.0200. The molecule has 0 amide bonds. The number of thiophene rings is 1. The van der Waals surface area contributed by atoms with Gasteiger partial charge in [0.25, 0.3) is 0 Å². The minimum Gasteiger partial charge on any atom is -0.364 e. The van der Waals surface area contributed by atoms with Crippen molar-refractivity contribution >= 4 is 55.6 Å². The van der Waals surface area contributed by atoms with E-state index in [2.05, 4.69) is 78.4 Å². The number of alkyl halides is 1. The summed E-state index contributed by atoms with van der Waals surface area (Å²) >= 11 is 7.34. The lowest BCUT2D eigenvalue weighted by Gasteiger charge is -2.44. The Bertz CT molecular complexity index is 745. The molecule has 3 unspecified atom stereocenters. The summed E-state index contributed by atoms with van der Waals surface area (Å²) in [6, 6.07) is 3.76. The average Bonchev–Trinajstić information content (AvgIpc) is 2.95. The van der Waals surface area contributed by atoms with Gasteiger partial charge in [-0.1, -0.05) is 55.5 Å². The van der Waals surface area contributed by atoms with Gasteiger partial charge in [0, 0.05) is 0 Å². The van der Waals surface area contributed by atoms with Crippen molar-refractivity contribution in [3.63, 3.8) is 0 Å². The van der Waals surface area contributed by atoms with Crippen LogP contribution in [0.1, 0.15) is 50.2 Å². The monoisotopic (exact) mass is 534 g/mol. The van der Waals surface area contributed by atoms with Gasteiger partial charge in [0.2, 0.25) is 0 Å². The molecule has 0 saturated heterocycles. The maximum atomic E-state index is 12.4. The maximum Gasteiger partial charge on any atom is 0.198 e. The molecule has 1 aromatic rings. The number of hydrogen-bond acceptors (Lipinski definition) is 3.